The number of nitrogens with one attached hydrogen (secondary N) is 2. The molecule has 104 valence electrons. The van der Waals surface area contributed by atoms with Crippen LogP contribution in [0.15, 0.2) is 30.5 Å². The molecular weight excluding hydrogens is 304 g/mol. The first-order valence-corrected chi connectivity index (χ1v) is 6.36. The summed E-state index contributed by atoms with van der Waals surface area (Å²) in [5.74, 6) is -0.431. The number of pyridine rings is 1. The predicted molar refractivity (Wildman–Crippen MR) is 78.2 cm³/mol. The first kappa shape index (κ1) is 14.6. The quantitative estimate of drug-likeness (QED) is 0.905. The van der Waals surface area contributed by atoms with Gasteiger partial charge in [-0.3, -0.25) is 4.79 Å². The zero-order valence-corrected chi connectivity index (χ0v) is 11.9. The minimum atomic E-state index is -0.479. The van der Waals surface area contributed by atoms with Gasteiger partial charge < -0.3 is 10.6 Å². The van der Waals surface area contributed by atoms with Crippen molar-refractivity contribution >= 4 is 40.6 Å². The van der Waals surface area contributed by atoms with Gasteiger partial charge in [-0.25, -0.2) is 9.37 Å². The zero-order valence-electron chi connectivity index (χ0n) is 10.4. The number of aromatic nitrogens is 1. The molecule has 1 heterocycles. The van der Waals surface area contributed by atoms with Crippen molar-refractivity contribution in [1.82, 2.24) is 4.98 Å². The Hall–Kier alpha value is -1.85. The summed E-state index contributed by atoms with van der Waals surface area (Å²) in [5.41, 5.74) is 0.545. The topological polar surface area (TPSA) is 54.0 Å². The minimum Gasteiger partial charge on any atom is -0.373 e. The molecule has 2 N–H and O–H groups in total. The van der Waals surface area contributed by atoms with Crippen molar-refractivity contribution in [2.75, 3.05) is 17.7 Å². The van der Waals surface area contributed by atoms with Crippen molar-refractivity contribution in [1.29, 1.82) is 0 Å². The van der Waals surface area contributed by atoms with Crippen LogP contribution in [-0.4, -0.2) is 17.9 Å². The highest BCUT2D eigenvalue weighted by Gasteiger charge is 2.13. The van der Waals surface area contributed by atoms with Crippen LogP contribution in [-0.2, 0) is 0 Å². The molecule has 0 atom stereocenters. The number of anilines is 2. The summed E-state index contributed by atoms with van der Waals surface area (Å²) in [6.45, 7) is 0. The lowest BCUT2D eigenvalue weighted by Crippen LogP contribution is -2.13. The highest BCUT2D eigenvalue weighted by Crippen LogP contribution is 2.25. The lowest BCUT2D eigenvalue weighted by molar-refractivity contribution is 0.102. The molecule has 1 amide bonds. The number of hydrogen-bond donors (Lipinski definition) is 2. The van der Waals surface area contributed by atoms with E-state index in [4.69, 9.17) is 23.2 Å². The smallest absolute Gasteiger partial charge is 0.257 e. The molecule has 2 aromatic rings. The van der Waals surface area contributed by atoms with Gasteiger partial charge in [0, 0.05) is 13.2 Å². The van der Waals surface area contributed by atoms with Gasteiger partial charge in [0.05, 0.1) is 21.3 Å². The van der Waals surface area contributed by atoms with Gasteiger partial charge in [-0.1, -0.05) is 23.2 Å². The van der Waals surface area contributed by atoms with Crippen LogP contribution in [0.3, 0.4) is 0 Å². The first-order chi connectivity index (χ1) is 9.51. The summed E-state index contributed by atoms with van der Waals surface area (Å²) in [6, 6.07) is 5.21. The van der Waals surface area contributed by atoms with E-state index in [-0.39, 0.29) is 15.6 Å². The van der Waals surface area contributed by atoms with Crippen LogP contribution >= 0.6 is 23.2 Å². The second-order valence-electron chi connectivity index (χ2n) is 3.88. The van der Waals surface area contributed by atoms with Crippen molar-refractivity contribution in [3.63, 3.8) is 0 Å². The SMILES string of the molecule is CNc1cc(C(=O)Nc2ccc(F)cc2Cl)c(Cl)cn1. The molecule has 1 aromatic heterocycles. The summed E-state index contributed by atoms with van der Waals surface area (Å²) < 4.78 is 12.9. The summed E-state index contributed by atoms with van der Waals surface area (Å²) >= 11 is 11.8. The third-order valence-corrected chi connectivity index (χ3v) is 3.15. The van der Waals surface area contributed by atoms with Gasteiger partial charge in [0.25, 0.3) is 5.91 Å². The fourth-order valence-corrected chi connectivity index (χ4v) is 1.93. The number of benzene rings is 1. The highest BCUT2D eigenvalue weighted by atomic mass is 35.5. The average Bonchev–Trinajstić information content (AvgIpc) is 2.42. The second-order valence-corrected chi connectivity index (χ2v) is 4.69. The van der Waals surface area contributed by atoms with E-state index in [1.54, 1.807) is 7.05 Å². The molecule has 0 fully saturated rings. The fraction of sp³-hybridized carbons (Fsp3) is 0.0769. The Morgan fingerprint density at radius 3 is 2.65 bits per heavy atom. The Morgan fingerprint density at radius 2 is 2.00 bits per heavy atom. The van der Waals surface area contributed by atoms with Gasteiger partial charge in [0.15, 0.2) is 0 Å². The molecule has 7 heteroatoms. The number of halogens is 3. The van der Waals surface area contributed by atoms with Crippen LogP contribution in [0.4, 0.5) is 15.9 Å². The molecule has 2 rings (SSSR count). The number of carbonyl (C=O) groups is 1. The maximum atomic E-state index is 12.9. The van der Waals surface area contributed by atoms with E-state index in [9.17, 15) is 9.18 Å². The van der Waals surface area contributed by atoms with Crippen LogP contribution < -0.4 is 10.6 Å². The molecule has 4 nitrogen and oxygen atoms in total. The van der Waals surface area contributed by atoms with Crippen molar-refractivity contribution in [2.45, 2.75) is 0 Å². The molecule has 0 aliphatic rings. The van der Waals surface area contributed by atoms with Gasteiger partial charge in [-0.2, -0.15) is 0 Å². The van der Waals surface area contributed by atoms with Gasteiger partial charge in [0.2, 0.25) is 0 Å². The van der Waals surface area contributed by atoms with Crippen LogP contribution in [0.25, 0.3) is 0 Å². The van der Waals surface area contributed by atoms with Gasteiger partial charge >= 0.3 is 0 Å². The van der Waals surface area contributed by atoms with E-state index in [0.29, 0.717) is 11.5 Å². The van der Waals surface area contributed by atoms with Crippen molar-refractivity contribution in [3.8, 4) is 0 Å². The average molecular weight is 314 g/mol. The number of amides is 1. The summed E-state index contributed by atoms with van der Waals surface area (Å²) in [5, 5.41) is 5.69. The molecule has 0 saturated heterocycles. The molecule has 0 bridgehead atoms. The lowest BCUT2D eigenvalue weighted by Gasteiger charge is -2.09. The highest BCUT2D eigenvalue weighted by molar-refractivity contribution is 6.35. The molecule has 0 aliphatic carbocycles. The van der Waals surface area contributed by atoms with Crippen molar-refractivity contribution in [2.24, 2.45) is 0 Å². The predicted octanol–water partition coefficient (Wildman–Crippen LogP) is 3.82. The van der Waals surface area contributed by atoms with E-state index < -0.39 is 11.7 Å². The van der Waals surface area contributed by atoms with Gasteiger partial charge in [0.1, 0.15) is 11.6 Å². The lowest BCUT2D eigenvalue weighted by atomic mass is 10.2. The van der Waals surface area contributed by atoms with Crippen LogP contribution in [0.5, 0.6) is 0 Å². The minimum absolute atomic E-state index is 0.109. The summed E-state index contributed by atoms with van der Waals surface area (Å²) in [4.78, 5) is 16.1. The van der Waals surface area contributed by atoms with Crippen molar-refractivity contribution in [3.05, 3.63) is 51.9 Å². The van der Waals surface area contributed by atoms with Crippen LogP contribution in [0.2, 0.25) is 10.0 Å². The number of rotatable bonds is 3. The summed E-state index contributed by atoms with van der Waals surface area (Å²) in [6.07, 6.45) is 1.37. The first-order valence-electron chi connectivity index (χ1n) is 5.61. The maximum absolute atomic E-state index is 12.9. The Bertz CT molecular complexity index is 664. The molecule has 0 spiro atoms. The second kappa shape index (κ2) is 6.07. The Balaban J connectivity index is 2.28. The molecule has 1 aromatic carbocycles. The molecule has 20 heavy (non-hydrogen) atoms. The summed E-state index contributed by atoms with van der Waals surface area (Å²) in [7, 11) is 1.68. The normalized spacial score (nSPS) is 10.2. The molecule has 0 radical (unpaired) electrons. The van der Waals surface area contributed by atoms with Crippen LogP contribution in [0.1, 0.15) is 10.4 Å². The van der Waals surface area contributed by atoms with E-state index in [1.807, 2.05) is 0 Å². The third kappa shape index (κ3) is 3.18. The maximum Gasteiger partial charge on any atom is 0.257 e. The fourth-order valence-electron chi connectivity index (χ4n) is 1.53. The van der Waals surface area contributed by atoms with Gasteiger partial charge in [-0.15, -0.1) is 0 Å². The van der Waals surface area contributed by atoms with Gasteiger partial charge in [-0.05, 0) is 24.3 Å². The largest absolute Gasteiger partial charge is 0.373 e. The zero-order chi connectivity index (χ0) is 14.7. The van der Waals surface area contributed by atoms with Crippen molar-refractivity contribution < 1.29 is 9.18 Å². The monoisotopic (exact) mass is 313 g/mol. The molecule has 0 saturated carbocycles. The van der Waals surface area contributed by atoms with E-state index >= 15 is 0 Å². The number of nitrogens with zero attached hydrogens (tertiary/aromatic N) is 1. The van der Waals surface area contributed by atoms with E-state index in [2.05, 4.69) is 15.6 Å². The Labute approximate surface area is 124 Å². The van der Waals surface area contributed by atoms with Crippen LogP contribution in [0, 0.1) is 5.82 Å². The number of carbonyl (C=O) groups excluding carboxylic acids is 1. The molecule has 0 aliphatic heterocycles. The van der Waals surface area contributed by atoms with E-state index in [1.165, 1.54) is 24.4 Å². The third-order valence-electron chi connectivity index (χ3n) is 2.54. The molecule has 0 unspecified atom stereocenters. The van der Waals surface area contributed by atoms with E-state index in [0.717, 1.165) is 6.07 Å². The Morgan fingerprint density at radius 1 is 1.25 bits per heavy atom. The number of hydrogen-bond acceptors (Lipinski definition) is 3. The Kier molecular flexibility index (Phi) is 4.42. The standard InChI is InChI=1S/C13H10Cl2FN3O/c1-17-12-5-8(10(15)6-18-12)13(20)19-11-3-2-7(16)4-9(11)14/h2-6H,1H3,(H,17,18)(H,19,20). The molecular formula is C13H10Cl2FN3O.